The predicted molar refractivity (Wildman–Crippen MR) is 148 cm³/mol. The van der Waals surface area contributed by atoms with E-state index in [2.05, 4.69) is 40.1 Å². The highest BCUT2D eigenvalue weighted by Gasteiger charge is 2.46. The smallest absolute Gasteiger partial charge is 0.443 e. The number of nitrogens with zero attached hydrogens (tertiary/aromatic N) is 3. The average Bonchev–Trinajstić information content (AvgIpc) is 2.91. The Kier molecular flexibility index (Phi) is 19.7. The molecule has 1 rings (SSSR count). The molecular weight excluding hydrogens is 646 g/mol. The van der Waals surface area contributed by atoms with E-state index in [-0.39, 0.29) is 6.09 Å². The van der Waals surface area contributed by atoms with Crippen LogP contribution in [0.5, 0.6) is 0 Å². The van der Waals surface area contributed by atoms with Gasteiger partial charge in [-0.05, 0) is 19.3 Å². The SMILES string of the molecule is CCCCCCCCc1cccc[n+]1CCOC(=O)NCCCCCCN=C=O.O=S(=O)([N-]S(=O)(=O)C(F)(F)F)C(F)(F)F. The molecule has 0 bridgehead atoms. The topological polar surface area (TPSA) is 154 Å². The van der Waals surface area contributed by atoms with Crippen LogP contribution in [0.25, 0.3) is 4.13 Å². The summed E-state index contributed by atoms with van der Waals surface area (Å²) in [5.74, 6) is 0. The van der Waals surface area contributed by atoms with E-state index in [4.69, 9.17) is 4.74 Å². The number of pyridine rings is 1. The van der Waals surface area contributed by atoms with Crippen molar-refractivity contribution in [1.82, 2.24) is 5.32 Å². The van der Waals surface area contributed by atoms with Gasteiger partial charge in [0.25, 0.3) is 0 Å². The third-order valence-corrected chi connectivity index (χ3v) is 8.44. The molecule has 254 valence electrons. The molecule has 0 aliphatic heterocycles. The van der Waals surface area contributed by atoms with Crippen LogP contribution in [0.3, 0.4) is 0 Å². The Hall–Kier alpha value is -2.76. The number of alkyl carbamates (subject to hydrolysis) is 1. The molecule has 0 aliphatic rings. The van der Waals surface area contributed by atoms with Gasteiger partial charge >= 0.3 is 17.1 Å². The van der Waals surface area contributed by atoms with E-state index in [0.717, 1.165) is 36.2 Å². The summed E-state index contributed by atoms with van der Waals surface area (Å²) in [4.78, 5) is 25.3. The van der Waals surface area contributed by atoms with Crippen molar-refractivity contribution in [1.29, 1.82) is 0 Å². The molecule has 1 N–H and O–H groups in total. The zero-order valence-corrected chi connectivity index (χ0v) is 25.8. The second-order valence-corrected chi connectivity index (χ2v) is 12.7. The summed E-state index contributed by atoms with van der Waals surface area (Å²) in [6.45, 7) is 4.43. The highest BCUT2D eigenvalue weighted by molar-refractivity contribution is 8.13. The summed E-state index contributed by atoms with van der Waals surface area (Å²) in [5, 5.41) is 2.79. The van der Waals surface area contributed by atoms with Crippen molar-refractivity contribution in [3.8, 4) is 0 Å². The summed E-state index contributed by atoms with van der Waals surface area (Å²) in [5.41, 5.74) is -11.1. The Morgan fingerprint density at radius 3 is 2.07 bits per heavy atom. The van der Waals surface area contributed by atoms with E-state index in [0.29, 0.717) is 26.2 Å². The number of rotatable bonds is 19. The van der Waals surface area contributed by atoms with Crippen LogP contribution in [0.4, 0.5) is 31.1 Å². The Labute approximate surface area is 253 Å². The van der Waals surface area contributed by atoms with E-state index in [9.17, 15) is 52.8 Å². The number of aryl methyl sites for hydroxylation is 1. The van der Waals surface area contributed by atoms with Crippen molar-refractivity contribution in [3.63, 3.8) is 0 Å². The largest absolute Gasteiger partial charge is 0.480 e. The lowest BCUT2D eigenvalue weighted by molar-refractivity contribution is -0.705. The number of carbonyl (C=O) groups excluding carboxylic acids is 2. The molecule has 1 aromatic rings. The molecule has 0 aromatic carbocycles. The molecule has 19 heteroatoms. The molecule has 0 unspecified atom stereocenters. The Morgan fingerprint density at radius 2 is 1.48 bits per heavy atom. The van der Waals surface area contributed by atoms with Crippen LogP contribution in [-0.4, -0.2) is 59.7 Å². The van der Waals surface area contributed by atoms with E-state index in [1.165, 1.54) is 50.3 Å². The minimum absolute atomic E-state index is 0.357. The van der Waals surface area contributed by atoms with Gasteiger partial charge < -0.3 is 14.2 Å². The lowest BCUT2D eigenvalue weighted by Crippen LogP contribution is -2.41. The summed E-state index contributed by atoms with van der Waals surface area (Å²) < 4.78 is 117. The molecule has 0 saturated heterocycles. The first kappa shape index (κ1) is 41.2. The quantitative estimate of drug-likeness (QED) is 0.0658. The number of aliphatic imine (C=N–C) groups is 1. The van der Waals surface area contributed by atoms with Crippen molar-refractivity contribution in [2.45, 2.75) is 95.1 Å². The van der Waals surface area contributed by atoms with Crippen LogP contribution in [-0.2, 0) is 42.5 Å². The zero-order valence-electron chi connectivity index (χ0n) is 24.2. The number of isocyanates is 1. The van der Waals surface area contributed by atoms with Crippen LogP contribution in [0.2, 0.25) is 0 Å². The molecule has 0 saturated carbocycles. The number of ether oxygens (including phenoxy) is 1. The molecule has 0 radical (unpaired) electrons. The van der Waals surface area contributed by atoms with Gasteiger partial charge in [-0.3, -0.25) is 0 Å². The lowest BCUT2D eigenvalue weighted by atomic mass is 10.1. The van der Waals surface area contributed by atoms with Gasteiger partial charge in [0.2, 0.25) is 6.08 Å². The van der Waals surface area contributed by atoms with Crippen LogP contribution < -0.4 is 9.88 Å². The third kappa shape index (κ3) is 18.1. The predicted octanol–water partition coefficient (Wildman–Crippen LogP) is 5.56. The van der Waals surface area contributed by atoms with Gasteiger partial charge in [0, 0.05) is 25.1 Å². The van der Waals surface area contributed by atoms with Gasteiger partial charge in [0.15, 0.2) is 45.1 Å². The van der Waals surface area contributed by atoms with Crippen LogP contribution in [0, 0.1) is 0 Å². The number of hydrogen-bond donors (Lipinski definition) is 1. The minimum Gasteiger partial charge on any atom is -0.443 e. The molecule has 44 heavy (non-hydrogen) atoms. The molecule has 0 spiro atoms. The van der Waals surface area contributed by atoms with Gasteiger partial charge in [0.1, 0.15) is 0 Å². The number of halogens is 6. The molecule has 1 aromatic heterocycles. The average molecular weight is 685 g/mol. The normalized spacial score (nSPS) is 12.1. The number of amides is 1. The first-order valence-electron chi connectivity index (χ1n) is 13.8. The fourth-order valence-corrected chi connectivity index (χ4v) is 5.16. The van der Waals surface area contributed by atoms with Crippen molar-refractivity contribution in [2.24, 2.45) is 4.99 Å². The molecule has 0 atom stereocenters. The monoisotopic (exact) mass is 684 g/mol. The fraction of sp³-hybridized carbons (Fsp3) is 0.720. The number of aromatic nitrogens is 1. The maximum absolute atomic E-state index is 11.8. The van der Waals surface area contributed by atoms with Crippen molar-refractivity contribution >= 4 is 32.2 Å². The molecule has 11 nitrogen and oxygen atoms in total. The van der Waals surface area contributed by atoms with Crippen molar-refractivity contribution in [3.05, 3.63) is 34.2 Å². The number of unbranched alkanes of at least 4 members (excludes halogenated alkanes) is 8. The fourth-order valence-electron chi connectivity index (χ4n) is 3.45. The Bertz CT molecular complexity index is 1200. The second kappa shape index (κ2) is 21.1. The lowest BCUT2D eigenvalue weighted by Gasteiger charge is -2.22. The van der Waals surface area contributed by atoms with Gasteiger partial charge in [-0.2, -0.15) is 30.9 Å². The van der Waals surface area contributed by atoms with Crippen LogP contribution >= 0.6 is 0 Å². The van der Waals surface area contributed by atoms with Crippen molar-refractivity contribution in [2.75, 3.05) is 19.7 Å². The van der Waals surface area contributed by atoms with Crippen LogP contribution in [0.1, 0.15) is 76.8 Å². The van der Waals surface area contributed by atoms with Gasteiger partial charge in [-0.15, -0.1) is 0 Å². The molecule has 1 amide bonds. The first-order valence-corrected chi connectivity index (χ1v) is 16.6. The number of carbonyl (C=O) groups is 1. The van der Waals surface area contributed by atoms with E-state index < -0.39 is 31.1 Å². The zero-order chi connectivity index (χ0) is 33.7. The highest BCUT2D eigenvalue weighted by atomic mass is 32.3. The van der Waals surface area contributed by atoms with Crippen LogP contribution in [0.15, 0.2) is 29.4 Å². The van der Waals surface area contributed by atoms with Crippen molar-refractivity contribution < 1.29 is 62.1 Å². The summed E-state index contributed by atoms with van der Waals surface area (Å²) >= 11 is 0. The maximum atomic E-state index is 11.8. The van der Waals surface area contributed by atoms with Gasteiger partial charge in [-0.25, -0.2) is 31.4 Å². The minimum atomic E-state index is -6.72. The second-order valence-electron chi connectivity index (χ2n) is 9.27. The molecule has 0 aliphatic carbocycles. The first-order chi connectivity index (χ1) is 20.5. The number of nitrogens with one attached hydrogen (secondary N) is 1. The number of sulfonamides is 2. The summed E-state index contributed by atoms with van der Waals surface area (Å²) in [6, 6.07) is 6.25. The Balaban J connectivity index is 0.00000104. The molecular formula is C25H38F6N4O7S2. The van der Waals surface area contributed by atoms with Gasteiger partial charge in [0.05, 0.1) is 6.54 Å². The number of hydrogen-bond acceptors (Lipinski definition) is 8. The molecule has 1 heterocycles. The number of alkyl halides is 6. The van der Waals surface area contributed by atoms with Gasteiger partial charge in [-0.1, -0.05) is 57.9 Å². The summed E-state index contributed by atoms with van der Waals surface area (Å²) in [7, 11) is -13.4. The summed E-state index contributed by atoms with van der Waals surface area (Å²) in [6.07, 6.45) is 15.8. The highest BCUT2D eigenvalue weighted by Crippen LogP contribution is 2.36. The van der Waals surface area contributed by atoms with E-state index in [1.54, 1.807) is 0 Å². The van der Waals surface area contributed by atoms with E-state index in [1.807, 2.05) is 6.07 Å². The standard InChI is InChI=1S/C23H37N3O3.C2F6NO4S2/c1-2-3-4-5-6-9-14-22-15-10-13-18-26(22)19-20-29-23(28)25-17-12-8-7-11-16-24-21-27;3-1(4,5)14(10,11)9-15(12,13)2(6,7)8/h10,13,15,18H,2-9,11-12,14,16-17,19-20H2,1H3;/q;-1/p+1. The Morgan fingerprint density at radius 1 is 0.909 bits per heavy atom. The molecule has 0 fully saturated rings. The maximum Gasteiger partial charge on any atom is 0.480 e. The van der Waals surface area contributed by atoms with E-state index >= 15 is 0 Å². The third-order valence-electron chi connectivity index (χ3n) is 5.70.